The number of halogens is 1. The van der Waals surface area contributed by atoms with Gasteiger partial charge in [-0.2, -0.15) is 0 Å². The van der Waals surface area contributed by atoms with Gasteiger partial charge < -0.3 is 15.3 Å². The summed E-state index contributed by atoms with van der Waals surface area (Å²) in [4.78, 5) is 11.5. The lowest BCUT2D eigenvalue weighted by molar-refractivity contribution is 0.581. The number of H-pyrrole nitrogens is 1. The van der Waals surface area contributed by atoms with Crippen molar-refractivity contribution in [3.05, 3.63) is 48.1 Å². The Labute approximate surface area is 122 Å². The molecule has 2 heterocycles. The summed E-state index contributed by atoms with van der Waals surface area (Å²) in [6.07, 6.45) is 4.89. The molecule has 21 heavy (non-hydrogen) atoms. The Morgan fingerprint density at radius 2 is 2.29 bits per heavy atom. The van der Waals surface area contributed by atoms with Crippen LogP contribution < -0.4 is 5.73 Å². The molecule has 1 aromatic carbocycles. The first-order valence-electron chi connectivity index (χ1n) is 7.08. The largest absolute Gasteiger partial charge is 0.348 e. The third kappa shape index (κ3) is 2.54. The van der Waals surface area contributed by atoms with Crippen LogP contribution in [-0.4, -0.2) is 19.5 Å². The number of aromatic amines is 1. The molecule has 110 valence electrons. The van der Waals surface area contributed by atoms with Gasteiger partial charge in [0.2, 0.25) is 0 Å². The van der Waals surface area contributed by atoms with Crippen LogP contribution in [0.3, 0.4) is 0 Å². The number of nitrogens with one attached hydrogen (secondary N) is 1. The molecule has 3 rings (SSSR count). The van der Waals surface area contributed by atoms with E-state index in [-0.39, 0.29) is 11.9 Å². The number of hydrogen-bond donors (Lipinski definition) is 2. The van der Waals surface area contributed by atoms with E-state index in [4.69, 9.17) is 5.73 Å². The number of para-hydroxylation sites is 1. The van der Waals surface area contributed by atoms with Gasteiger partial charge in [0.25, 0.3) is 0 Å². The van der Waals surface area contributed by atoms with Crippen LogP contribution in [0.4, 0.5) is 4.39 Å². The van der Waals surface area contributed by atoms with Gasteiger partial charge in [-0.05, 0) is 18.6 Å². The Hall–Kier alpha value is -2.21. The molecule has 3 aromatic rings. The zero-order valence-electron chi connectivity index (χ0n) is 11.9. The van der Waals surface area contributed by atoms with Gasteiger partial charge in [0, 0.05) is 24.9 Å². The fourth-order valence-corrected chi connectivity index (χ4v) is 2.60. The van der Waals surface area contributed by atoms with Gasteiger partial charge in [0.05, 0.1) is 17.9 Å². The van der Waals surface area contributed by atoms with Gasteiger partial charge in [-0.15, -0.1) is 0 Å². The van der Waals surface area contributed by atoms with Crippen LogP contribution in [0.15, 0.2) is 30.7 Å². The highest BCUT2D eigenvalue weighted by molar-refractivity contribution is 5.76. The predicted molar refractivity (Wildman–Crippen MR) is 79.2 cm³/mol. The van der Waals surface area contributed by atoms with E-state index in [2.05, 4.69) is 21.9 Å². The van der Waals surface area contributed by atoms with Gasteiger partial charge in [0.15, 0.2) is 5.82 Å². The molecule has 0 saturated carbocycles. The van der Waals surface area contributed by atoms with E-state index >= 15 is 0 Å². The van der Waals surface area contributed by atoms with E-state index < -0.39 is 0 Å². The summed E-state index contributed by atoms with van der Waals surface area (Å²) in [7, 11) is 0. The second-order valence-corrected chi connectivity index (χ2v) is 5.12. The molecule has 0 aliphatic heterocycles. The minimum absolute atomic E-state index is 0.302. The summed E-state index contributed by atoms with van der Waals surface area (Å²) in [5.41, 5.74) is 8.41. The molecular formula is C15H18FN5. The Morgan fingerprint density at radius 3 is 3.00 bits per heavy atom. The van der Waals surface area contributed by atoms with Crippen molar-refractivity contribution in [2.45, 2.75) is 32.4 Å². The third-order valence-corrected chi connectivity index (χ3v) is 3.53. The number of aryl methyl sites for hydroxylation is 1. The van der Waals surface area contributed by atoms with E-state index in [9.17, 15) is 4.39 Å². The molecule has 0 bridgehead atoms. The number of imidazole rings is 2. The SMILES string of the molecule is CCCn1c(C(N)Cc2cnc[nH]2)nc2c(F)cccc21. The van der Waals surface area contributed by atoms with Gasteiger partial charge >= 0.3 is 0 Å². The second kappa shape index (κ2) is 5.65. The summed E-state index contributed by atoms with van der Waals surface area (Å²) in [5, 5.41) is 0. The molecular weight excluding hydrogens is 269 g/mol. The molecule has 3 N–H and O–H groups in total. The number of hydrogen-bond acceptors (Lipinski definition) is 3. The first kappa shape index (κ1) is 13.8. The number of fused-ring (bicyclic) bond motifs is 1. The number of benzene rings is 1. The fraction of sp³-hybridized carbons (Fsp3) is 0.333. The zero-order valence-corrected chi connectivity index (χ0v) is 11.9. The standard InChI is InChI=1S/C15H18FN5/c1-2-6-21-13-5-3-4-11(16)14(13)20-15(21)12(17)7-10-8-18-9-19-10/h3-5,8-9,12H,2,6-7,17H2,1H3,(H,18,19). The molecule has 0 radical (unpaired) electrons. The molecule has 0 aliphatic rings. The number of nitrogens with two attached hydrogens (primary N) is 1. The van der Waals surface area contributed by atoms with E-state index in [1.54, 1.807) is 18.6 Å². The first-order chi connectivity index (χ1) is 10.2. The smallest absolute Gasteiger partial charge is 0.151 e. The van der Waals surface area contributed by atoms with Crippen molar-refractivity contribution in [2.75, 3.05) is 0 Å². The van der Waals surface area contributed by atoms with Gasteiger partial charge in [-0.1, -0.05) is 13.0 Å². The maximum Gasteiger partial charge on any atom is 0.151 e. The molecule has 0 fully saturated rings. The van der Waals surface area contributed by atoms with Crippen LogP contribution in [0.1, 0.15) is 30.9 Å². The van der Waals surface area contributed by atoms with Crippen molar-refractivity contribution >= 4 is 11.0 Å². The Balaban J connectivity index is 2.03. The van der Waals surface area contributed by atoms with E-state index in [1.165, 1.54) is 6.07 Å². The van der Waals surface area contributed by atoms with Crippen molar-refractivity contribution in [2.24, 2.45) is 5.73 Å². The Bertz CT molecular complexity index is 732. The second-order valence-electron chi connectivity index (χ2n) is 5.12. The number of aromatic nitrogens is 4. The van der Waals surface area contributed by atoms with Crippen LogP contribution in [0.25, 0.3) is 11.0 Å². The Kier molecular flexibility index (Phi) is 3.70. The highest BCUT2D eigenvalue weighted by Crippen LogP contribution is 2.24. The molecule has 1 atom stereocenters. The van der Waals surface area contributed by atoms with Crippen LogP contribution >= 0.6 is 0 Å². The average molecular weight is 287 g/mol. The van der Waals surface area contributed by atoms with Gasteiger partial charge in [-0.3, -0.25) is 0 Å². The van der Waals surface area contributed by atoms with E-state index in [0.29, 0.717) is 17.8 Å². The van der Waals surface area contributed by atoms with Crippen molar-refractivity contribution in [1.82, 2.24) is 19.5 Å². The van der Waals surface area contributed by atoms with Crippen LogP contribution in [0.5, 0.6) is 0 Å². The third-order valence-electron chi connectivity index (χ3n) is 3.53. The summed E-state index contributed by atoms with van der Waals surface area (Å²) >= 11 is 0. The zero-order chi connectivity index (χ0) is 14.8. The van der Waals surface area contributed by atoms with Crippen LogP contribution in [0.2, 0.25) is 0 Å². The maximum atomic E-state index is 13.9. The van der Waals surface area contributed by atoms with Crippen molar-refractivity contribution in [3.8, 4) is 0 Å². The van der Waals surface area contributed by atoms with Gasteiger partial charge in [0.1, 0.15) is 11.3 Å². The Morgan fingerprint density at radius 1 is 1.43 bits per heavy atom. The lowest BCUT2D eigenvalue weighted by Crippen LogP contribution is -2.19. The molecule has 0 spiro atoms. The molecule has 2 aromatic heterocycles. The minimum Gasteiger partial charge on any atom is -0.348 e. The summed E-state index contributed by atoms with van der Waals surface area (Å²) in [6, 6.07) is 4.71. The molecule has 0 aliphatic carbocycles. The number of rotatable bonds is 5. The van der Waals surface area contributed by atoms with Crippen LogP contribution in [-0.2, 0) is 13.0 Å². The quantitative estimate of drug-likeness (QED) is 0.757. The number of nitrogens with zero attached hydrogens (tertiary/aromatic N) is 3. The lowest BCUT2D eigenvalue weighted by Gasteiger charge is -2.13. The summed E-state index contributed by atoms with van der Waals surface area (Å²) in [5.74, 6) is 0.406. The molecule has 0 amide bonds. The predicted octanol–water partition coefficient (Wildman–Crippen LogP) is 2.55. The van der Waals surface area contributed by atoms with Crippen molar-refractivity contribution < 1.29 is 4.39 Å². The average Bonchev–Trinajstić information content (AvgIpc) is 3.08. The molecule has 0 saturated heterocycles. The summed E-state index contributed by atoms with van der Waals surface area (Å²) < 4.78 is 15.9. The fourth-order valence-electron chi connectivity index (χ4n) is 2.60. The van der Waals surface area contributed by atoms with E-state index in [1.807, 2.05) is 10.6 Å². The van der Waals surface area contributed by atoms with Crippen LogP contribution in [0, 0.1) is 5.82 Å². The molecule has 6 heteroatoms. The molecule has 5 nitrogen and oxygen atoms in total. The monoisotopic (exact) mass is 287 g/mol. The van der Waals surface area contributed by atoms with E-state index in [0.717, 1.165) is 24.2 Å². The molecule has 1 unspecified atom stereocenters. The highest BCUT2D eigenvalue weighted by Gasteiger charge is 2.19. The topological polar surface area (TPSA) is 72.5 Å². The van der Waals surface area contributed by atoms with Gasteiger partial charge in [-0.25, -0.2) is 14.4 Å². The first-order valence-corrected chi connectivity index (χ1v) is 7.08. The highest BCUT2D eigenvalue weighted by atomic mass is 19.1. The normalized spacial score (nSPS) is 12.9. The van der Waals surface area contributed by atoms with Crippen molar-refractivity contribution in [3.63, 3.8) is 0 Å². The van der Waals surface area contributed by atoms with Crippen molar-refractivity contribution in [1.29, 1.82) is 0 Å². The maximum absolute atomic E-state index is 13.9. The minimum atomic E-state index is -0.308. The lowest BCUT2D eigenvalue weighted by atomic mass is 10.1. The summed E-state index contributed by atoms with van der Waals surface area (Å²) in [6.45, 7) is 2.85.